The lowest BCUT2D eigenvalue weighted by molar-refractivity contribution is -0.907. The highest BCUT2D eigenvalue weighted by Crippen LogP contribution is 2.13. The van der Waals surface area contributed by atoms with E-state index in [1.807, 2.05) is 0 Å². The average Bonchev–Trinajstić information content (AvgIpc) is 2.39. The molecule has 0 aliphatic carbocycles. The number of hydrogen-bond donors (Lipinski definition) is 0. The molecule has 0 saturated heterocycles. The first-order valence-corrected chi connectivity index (χ1v) is 9.70. The van der Waals surface area contributed by atoms with E-state index in [9.17, 15) is 0 Å². The molecular formula is C17H37BrClN. The maximum Gasteiger partial charge on any atom is 0.0883 e. The molecule has 0 fully saturated rings. The molecule has 0 rings (SSSR count). The standard InChI is InChI=1S/C17H37BrN.ClH/c1-4-6-8-10-11-13-16-19(3,17-14-18)15-12-9-7-5-2;/h4-17H2,1-3H3;1H/q+1;/p-1. The molecule has 0 heterocycles. The van der Waals surface area contributed by atoms with Gasteiger partial charge in [0.15, 0.2) is 0 Å². The minimum Gasteiger partial charge on any atom is -1.00 e. The summed E-state index contributed by atoms with van der Waals surface area (Å²) in [6, 6.07) is 0. The quantitative estimate of drug-likeness (QED) is 0.250. The van der Waals surface area contributed by atoms with Gasteiger partial charge in [0.2, 0.25) is 0 Å². The maximum atomic E-state index is 3.64. The van der Waals surface area contributed by atoms with Crippen molar-refractivity contribution in [2.24, 2.45) is 0 Å². The Labute approximate surface area is 143 Å². The number of unbranched alkanes of at least 4 members (excludes halogenated alkanes) is 8. The highest BCUT2D eigenvalue weighted by Gasteiger charge is 2.19. The van der Waals surface area contributed by atoms with E-state index in [4.69, 9.17) is 0 Å². The van der Waals surface area contributed by atoms with Gasteiger partial charge in [0.05, 0.1) is 32.0 Å². The molecule has 0 aromatic rings. The van der Waals surface area contributed by atoms with E-state index in [2.05, 4.69) is 36.8 Å². The third-order valence-corrected chi connectivity index (χ3v) is 4.58. The fraction of sp³-hybridized carbons (Fsp3) is 1.00. The van der Waals surface area contributed by atoms with Gasteiger partial charge in [-0.15, -0.1) is 0 Å². The Morgan fingerprint density at radius 2 is 1.05 bits per heavy atom. The van der Waals surface area contributed by atoms with E-state index < -0.39 is 0 Å². The van der Waals surface area contributed by atoms with Crippen LogP contribution in [0.2, 0.25) is 0 Å². The Bertz CT molecular complexity index is 190. The second kappa shape index (κ2) is 16.1. The number of hydrogen-bond acceptors (Lipinski definition) is 0. The van der Waals surface area contributed by atoms with E-state index in [1.165, 1.54) is 88.3 Å². The number of rotatable bonds is 14. The number of quaternary nitrogens is 1. The molecule has 0 N–H and O–H groups in total. The summed E-state index contributed by atoms with van der Waals surface area (Å²) in [6.07, 6.45) is 14.1. The Balaban J connectivity index is 0. The van der Waals surface area contributed by atoms with Gasteiger partial charge in [0.1, 0.15) is 0 Å². The molecule has 0 aromatic heterocycles. The van der Waals surface area contributed by atoms with Crippen LogP contribution in [0.15, 0.2) is 0 Å². The summed E-state index contributed by atoms with van der Waals surface area (Å²) >= 11 is 3.64. The predicted molar refractivity (Wildman–Crippen MR) is 92.1 cm³/mol. The van der Waals surface area contributed by atoms with Gasteiger partial charge in [-0.1, -0.05) is 68.3 Å². The van der Waals surface area contributed by atoms with Crippen LogP contribution in [0.3, 0.4) is 0 Å². The molecule has 20 heavy (non-hydrogen) atoms. The summed E-state index contributed by atoms with van der Waals surface area (Å²) in [4.78, 5) is 0. The molecule has 3 heteroatoms. The van der Waals surface area contributed by atoms with Crippen molar-refractivity contribution in [3.05, 3.63) is 0 Å². The van der Waals surface area contributed by atoms with Crippen LogP contribution in [0.1, 0.15) is 78.1 Å². The molecule has 1 nitrogen and oxygen atoms in total. The van der Waals surface area contributed by atoms with Crippen LogP contribution in [0, 0.1) is 0 Å². The average molecular weight is 371 g/mol. The molecule has 0 aliphatic rings. The molecule has 124 valence electrons. The lowest BCUT2D eigenvalue weighted by Gasteiger charge is -2.34. The van der Waals surface area contributed by atoms with E-state index in [0.29, 0.717) is 0 Å². The van der Waals surface area contributed by atoms with Crippen LogP contribution in [0.4, 0.5) is 0 Å². The Kier molecular flexibility index (Phi) is 18.5. The summed E-state index contributed by atoms with van der Waals surface area (Å²) in [5, 5.41) is 1.15. The highest BCUT2D eigenvalue weighted by molar-refractivity contribution is 9.09. The third kappa shape index (κ3) is 13.7. The fourth-order valence-electron chi connectivity index (χ4n) is 2.73. The summed E-state index contributed by atoms with van der Waals surface area (Å²) in [6.45, 7) is 8.63. The van der Waals surface area contributed by atoms with Crippen molar-refractivity contribution >= 4 is 15.9 Å². The Morgan fingerprint density at radius 1 is 0.650 bits per heavy atom. The van der Waals surface area contributed by atoms with Gasteiger partial charge < -0.3 is 16.9 Å². The molecule has 0 spiro atoms. The van der Waals surface area contributed by atoms with Crippen LogP contribution in [-0.4, -0.2) is 36.5 Å². The molecule has 0 aliphatic heterocycles. The zero-order valence-electron chi connectivity index (χ0n) is 14.1. The largest absolute Gasteiger partial charge is 1.00 e. The predicted octanol–water partition coefficient (Wildman–Crippen LogP) is 2.77. The van der Waals surface area contributed by atoms with Crippen molar-refractivity contribution in [2.75, 3.05) is 32.0 Å². The van der Waals surface area contributed by atoms with Gasteiger partial charge >= 0.3 is 0 Å². The van der Waals surface area contributed by atoms with E-state index in [0.717, 1.165) is 5.33 Å². The van der Waals surface area contributed by atoms with Crippen molar-refractivity contribution in [1.82, 2.24) is 0 Å². The highest BCUT2D eigenvalue weighted by atomic mass is 79.9. The number of alkyl halides is 1. The fourth-order valence-corrected chi connectivity index (χ4v) is 3.59. The van der Waals surface area contributed by atoms with E-state index in [1.54, 1.807) is 0 Å². The first-order valence-electron chi connectivity index (χ1n) is 8.58. The molecule has 0 aromatic carbocycles. The van der Waals surface area contributed by atoms with Gasteiger partial charge in [-0.25, -0.2) is 0 Å². The van der Waals surface area contributed by atoms with E-state index >= 15 is 0 Å². The first kappa shape index (κ1) is 23.0. The molecule has 1 atom stereocenters. The minimum atomic E-state index is 0. The van der Waals surface area contributed by atoms with Gasteiger partial charge in [0, 0.05) is 0 Å². The summed E-state index contributed by atoms with van der Waals surface area (Å²) in [5.41, 5.74) is 0. The van der Waals surface area contributed by atoms with Crippen molar-refractivity contribution in [3.63, 3.8) is 0 Å². The monoisotopic (exact) mass is 369 g/mol. The normalized spacial score (nSPS) is 13.8. The van der Waals surface area contributed by atoms with Crippen molar-refractivity contribution in [3.8, 4) is 0 Å². The molecule has 0 saturated carbocycles. The molecule has 0 radical (unpaired) electrons. The maximum absolute atomic E-state index is 3.64. The molecular weight excluding hydrogens is 334 g/mol. The topological polar surface area (TPSA) is 0 Å². The lowest BCUT2D eigenvalue weighted by atomic mass is 10.1. The summed E-state index contributed by atoms with van der Waals surface area (Å²) in [5.74, 6) is 0. The van der Waals surface area contributed by atoms with Crippen molar-refractivity contribution in [1.29, 1.82) is 0 Å². The van der Waals surface area contributed by atoms with Crippen LogP contribution in [-0.2, 0) is 0 Å². The first-order chi connectivity index (χ1) is 9.18. The Morgan fingerprint density at radius 3 is 1.50 bits per heavy atom. The zero-order chi connectivity index (χ0) is 14.4. The van der Waals surface area contributed by atoms with Crippen molar-refractivity contribution < 1.29 is 16.9 Å². The second-order valence-corrected chi connectivity index (χ2v) is 7.10. The number of nitrogens with zero attached hydrogens (tertiary/aromatic N) is 1. The van der Waals surface area contributed by atoms with Gasteiger partial charge in [-0.3, -0.25) is 0 Å². The number of halogens is 2. The van der Waals surface area contributed by atoms with Crippen LogP contribution in [0.5, 0.6) is 0 Å². The minimum absolute atomic E-state index is 0. The lowest BCUT2D eigenvalue weighted by Crippen LogP contribution is -3.00. The summed E-state index contributed by atoms with van der Waals surface area (Å²) in [7, 11) is 2.46. The summed E-state index contributed by atoms with van der Waals surface area (Å²) < 4.78 is 1.28. The van der Waals surface area contributed by atoms with Crippen molar-refractivity contribution in [2.45, 2.75) is 78.1 Å². The second-order valence-electron chi connectivity index (χ2n) is 6.31. The van der Waals surface area contributed by atoms with Gasteiger partial charge in [0.25, 0.3) is 0 Å². The van der Waals surface area contributed by atoms with Crippen LogP contribution in [0.25, 0.3) is 0 Å². The third-order valence-electron chi connectivity index (χ3n) is 4.23. The van der Waals surface area contributed by atoms with Crippen LogP contribution >= 0.6 is 15.9 Å². The van der Waals surface area contributed by atoms with Gasteiger partial charge in [-0.05, 0) is 25.7 Å². The molecule has 0 amide bonds. The molecule has 0 bridgehead atoms. The zero-order valence-corrected chi connectivity index (χ0v) is 16.4. The SMILES string of the molecule is CCCCCCCC[N+](C)(CCBr)CCCCCC.[Cl-]. The molecule has 1 unspecified atom stereocenters. The van der Waals surface area contributed by atoms with E-state index in [-0.39, 0.29) is 12.4 Å². The van der Waals surface area contributed by atoms with Gasteiger partial charge in [-0.2, -0.15) is 0 Å². The Hall–Kier alpha value is 0.730. The van der Waals surface area contributed by atoms with Crippen LogP contribution < -0.4 is 12.4 Å². The smallest absolute Gasteiger partial charge is 0.0883 e.